The van der Waals surface area contributed by atoms with Crippen molar-refractivity contribution in [2.75, 3.05) is 13.2 Å². The number of nitrogen functional groups attached to an aromatic ring is 1. The van der Waals surface area contributed by atoms with Gasteiger partial charge in [0.05, 0.1) is 12.7 Å². The van der Waals surface area contributed by atoms with Crippen LogP contribution in [-0.4, -0.2) is 71.2 Å². The van der Waals surface area contributed by atoms with E-state index in [0.717, 1.165) is 0 Å². The standard InChI is InChI=1S/C22H25N3O6.C2HF3O2/c1-3-30-18(27)12-31-17-10-8-14(9-11-17)20(28)19(13(2)26)25-22(29)16-6-4-15(5-7-16)21(23)24;3-2(4,5)1(6)7/h4-11,13,19,26H,3,12H2,1-2H3,(H3,23,24)(H,25,29);(H,6,7)/t13-,19+;/m1./s1. The average molecular weight is 541 g/mol. The normalized spacial score (nSPS) is 12.2. The van der Waals surface area contributed by atoms with Crippen LogP contribution in [0.25, 0.3) is 0 Å². The summed E-state index contributed by atoms with van der Waals surface area (Å²) in [6, 6.07) is 10.8. The number of carboxylic acid groups (broad SMARTS) is 1. The maximum Gasteiger partial charge on any atom is 0.490 e. The molecule has 0 aliphatic heterocycles. The predicted molar refractivity (Wildman–Crippen MR) is 127 cm³/mol. The van der Waals surface area contributed by atoms with Crippen molar-refractivity contribution in [2.24, 2.45) is 5.73 Å². The molecule has 0 aliphatic rings. The highest BCUT2D eigenvalue weighted by molar-refractivity contribution is 6.05. The van der Waals surface area contributed by atoms with Crippen LogP contribution in [0.5, 0.6) is 5.75 Å². The molecule has 2 aromatic carbocycles. The SMILES string of the molecule is CCOC(=O)COc1ccc(C(=O)[C@@H](NC(=O)c2ccc(C(=N)N)cc2)[C@@H](C)O)cc1.O=C(O)C(F)(F)F. The Hall–Kier alpha value is -4.46. The smallest absolute Gasteiger partial charge is 0.482 e. The van der Waals surface area contributed by atoms with Gasteiger partial charge in [0.1, 0.15) is 17.6 Å². The summed E-state index contributed by atoms with van der Waals surface area (Å²) in [7, 11) is 0. The Balaban J connectivity index is 0.000000905. The van der Waals surface area contributed by atoms with Crippen molar-refractivity contribution < 1.29 is 52.0 Å². The van der Waals surface area contributed by atoms with E-state index in [1.807, 2.05) is 0 Å². The molecule has 14 heteroatoms. The fourth-order valence-electron chi connectivity index (χ4n) is 2.67. The highest BCUT2D eigenvalue weighted by Gasteiger charge is 2.38. The molecule has 0 fully saturated rings. The van der Waals surface area contributed by atoms with Crippen LogP contribution in [0.15, 0.2) is 48.5 Å². The number of carbonyl (C=O) groups excluding carboxylic acids is 3. The van der Waals surface area contributed by atoms with Gasteiger partial charge in [-0.25, -0.2) is 9.59 Å². The fourth-order valence-corrected chi connectivity index (χ4v) is 2.67. The Labute approximate surface area is 214 Å². The molecule has 0 aliphatic carbocycles. The zero-order chi connectivity index (χ0) is 29.0. The molecule has 2 atom stereocenters. The van der Waals surface area contributed by atoms with Crippen LogP contribution < -0.4 is 15.8 Å². The molecule has 2 rings (SSSR count). The molecule has 6 N–H and O–H groups in total. The van der Waals surface area contributed by atoms with Crippen molar-refractivity contribution in [1.29, 1.82) is 5.41 Å². The second-order valence-electron chi connectivity index (χ2n) is 7.47. The largest absolute Gasteiger partial charge is 0.490 e. The monoisotopic (exact) mass is 541 g/mol. The number of hydrogen-bond donors (Lipinski definition) is 5. The minimum atomic E-state index is -5.08. The second-order valence-corrected chi connectivity index (χ2v) is 7.47. The van der Waals surface area contributed by atoms with Crippen LogP contribution in [0.2, 0.25) is 0 Å². The first-order valence-corrected chi connectivity index (χ1v) is 10.8. The molecule has 1 amide bonds. The van der Waals surface area contributed by atoms with Gasteiger partial charge in [-0.1, -0.05) is 12.1 Å². The number of alkyl halides is 3. The molecule has 38 heavy (non-hydrogen) atoms. The van der Waals surface area contributed by atoms with Crippen molar-refractivity contribution in [3.8, 4) is 5.75 Å². The van der Waals surface area contributed by atoms with E-state index in [9.17, 15) is 32.7 Å². The molecule has 0 spiro atoms. The molecule has 0 radical (unpaired) electrons. The summed E-state index contributed by atoms with van der Waals surface area (Å²) in [5, 5.41) is 27.1. The third kappa shape index (κ3) is 10.3. The molecule has 0 bridgehead atoms. The molecule has 0 saturated heterocycles. The van der Waals surface area contributed by atoms with E-state index in [1.165, 1.54) is 55.5 Å². The topological polar surface area (TPSA) is 189 Å². The van der Waals surface area contributed by atoms with Gasteiger partial charge in [-0.3, -0.25) is 15.0 Å². The van der Waals surface area contributed by atoms with Gasteiger partial charge in [0.2, 0.25) is 0 Å². The van der Waals surface area contributed by atoms with Gasteiger partial charge in [0.25, 0.3) is 5.91 Å². The summed E-state index contributed by atoms with van der Waals surface area (Å²) in [5.41, 5.74) is 6.37. The number of rotatable bonds is 10. The lowest BCUT2D eigenvalue weighted by Crippen LogP contribution is -2.47. The molecule has 206 valence electrons. The summed E-state index contributed by atoms with van der Waals surface area (Å²) >= 11 is 0. The zero-order valence-electron chi connectivity index (χ0n) is 20.2. The van der Waals surface area contributed by atoms with Crippen molar-refractivity contribution in [1.82, 2.24) is 5.32 Å². The third-order valence-electron chi connectivity index (χ3n) is 4.55. The number of esters is 1. The van der Waals surface area contributed by atoms with Gasteiger partial charge in [-0.2, -0.15) is 13.2 Å². The van der Waals surface area contributed by atoms with Crippen molar-refractivity contribution in [3.63, 3.8) is 0 Å². The number of halogens is 3. The van der Waals surface area contributed by atoms with Gasteiger partial charge in [0, 0.05) is 16.7 Å². The van der Waals surface area contributed by atoms with E-state index in [-0.39, 0.29) is 30.2 Å². The number of ketones is 1. The van der Waals surface area contributed by atoms with Gasteiger partial charge >= 0.3 is 18.1 Å². The minimum Gasteiger partial charge on any atom is -0.482 e. The van der Waals surface area contributed by atoms with E-state index in [0.29, 0.717) is 11.3 Å². The van der Waals surface area contributed by atoms with Crippen LogP contribution in [0.4, 0.5) is 13.2 Å². The number of carbonyl (C=O) groups is 4. The highest BCUT2D eigenvalue weighted by atomic mass is 19.4. The number of ether oxygens (including phenoxy) is 2. The van der Waals surface area contributed by atoms with E-state index in [2.05, 4.69) is 5.32 Å². The number of benzene rings is 2. The van der Waals surface area contributed by atoms with Crippen LogP contribution in [0.1, 0.15) is 40.1 Å². The fraction of sp³-hybridized carbons (Fsp3) is 0.292. The molecular weight excluding hydrogens is 515 g/mol. The molecule has 2 aromatic rings. The number of aliphatic carboxylic acids is 1. The summed E-state index contributed by atoms with van der Waals surface area (Å²) in [4.78, 5) is 45.6. The molecule has 0 unspecified atom stereocenters. The first-order chi connectivity index (χ1) is 17.7. The highest BCUT2D eigenvalue weighted by Crippen LogP contribution is 2.16. The quantitative estimate of drug-likeness (QED) is 0.129. The average Bonchev–Trinajstić information content (AvgIpc) is 2.85. The molecular formula is C24H26F3N3O8. The molecule has 0 saturated carbocycles. The Morgan fingerprint density at radius 3 is 1.89 bits per heavy atom. The number of hydrogen-bond acceptors (Lipinski definition) is 8. The number of carboxylic acids is 1. The lowest BCUT2D eigenvalue weighted by atomic mass is 9.99. The molecule has 11 nitrogen and oxygen atoms in total. The summed E-state index contributed by atoms with van der Waals surface area (Å²) < 4.78 is 41.8. The van der Waals surface area contributed by atoms with Gasteiger partial charge in [-0.05, 0) is 50.2 Å². The van der Waals surface area contributed by atoms with E-state index in [1.54, 1.807) is 6.92 Å². The molecule has 0 heterocycles. The first kappa shape index (κ1) is 31.6. The van der Waals surface area contributed by atoms with Crippen molar-refractivity contribution in [3.05, 3.63) is 65.2 Å². The van der Waals surface area contributed by atoms with E-state index in [4.69, 9.17) is 30.5 Å². The Bertz CT molecular complexity index is 1130. The lowest BCUT2D eigenvalue weighted by molar-refractivity contribution is -0.192. The first-order valence-electron chi connectivity index (χ1n) is 10.8. The summed E-state index contributed by atoms with van der Waals surface area (Å²) in [6.45, 7) is 3.09. The zero-order valence-corrected chi connectivity index (χ0v) is 20.2. The maximum absolute atomic E-state index is 12.8. The van der Waals surface area contributed by atoms with Crippen LogP contribution in [-0.2, 0) is 14.3 Å². The Morgan fingerprint density at radius 2 is 1.47 bits per heavy atom. The number of amides is 1. The van der Waals surface area contributed by atoms with Crippen LogP contribution >= 0.6 is 0 Å². The minimum absolute atomic E-state index is 0.126. The van der Waals surface area contributed by atoms with Gasteiger partial charge in [0.15, 0.2) is 12.4 Å². The van der Waals surface area contributed by atoms with Crippen LogP contribution in [0.3, 0.4) is 0 Å². The number of amidine groups is 1. The third-order valence-corrected chi connectivity index (χ3v) is 4.55. The number of nitrogens with two attached hydrogens (primary N) is 1. The predicted octanol–water partition coefficient (Wildman–Crippen LogP) is 1.91. The summed E-state index contributed by atoms with van der Waals surface area (Å²) in [6.07, 6.45) is -6.23. The number of Topliss-reactive ketones (excluding diaryl/α,β-unsaturated/α-hetero) is 1. The maximum atomic E-state index is 12.8. The second kappa shape index (κ2) is 14.3. The summed E-state index contributed by atoms with van der Waals surface area (Å²) in [5.74, 6) is -4.06. The Kier molecular flexibility index (Phi) is 11.9. The molecule has 0 aromatic heterocycles. The van der Waals surface area contributed by atoms with E-state index < -0.39 is 42.0 Å². The van der Waals surface area contributed by atoms with Crippen LogP contribution in [0, 0.1) is 5.41 Å². The van der Waals surface area contributed by atoms with Crippen molar-refractivity contribution in [2.45, 2.75) is 32.2 Å². The number of aliphatic hydroxyl groups is 1. The van der Waals surface area contributed by atoms with Gasteiger partial charge in [-0.15, -0.1) is 0 Å². The number of aliphatic hydroxyl groups excluding tert-OH is 1. The van der Waals surface area contributed by atoms with Gasteiger partial charge < -0.3 is 30.7 Å². The lowest BCUT2D eigenvalue weighted by Gasteiger charge is -2.20. The number of nitrogens with one attached hydrogen (secondary N) is 2. The Morgan fingerprint density at radius 1 is 1.00 bits per heavy atom. The van der Waals surface area contributed by atoms with Crippen molar-refractivity contribution >= 4 is 29.5 Å². The van der Waals surface area contributed by atoms with E-state index >= 15 is 0 Å².